The lowest BCUT2D eigenvalue weighted by atomic mass is 10.2. The van der Waals surface area contributed by atoms with Crippen LogP contribution in [0, 0.1) is 0 Å². The standard InChI is InChI=1S/C13H16N2O6/c16-11(8-21-12(17)10-4-2-6-20-10)15-13(18)14-7-9-3-1-5-19-9/h1,3,5,10H,2,4,6-8H2,(H2,14,15,16,18)/t10-/m0/s1. The number of carbonyl (C=O) groups excluding carboxylic acids is 3. The summed E-state index contributed by atoms with van der Waals surface area (Å²) in [6.45, 7) is 0.149. The second kappa shape index (κ2) is 7.44. The van der Waals surface area contributed by atoms with Gasteiger partial charge in [0.15, 0.2) is 12.7 Å². The summed E-state index contributed by atoms with van der Waals surface area (Å²) in [5.74, 6) is -0.737. The van der Waals surface area contributed by atoms with Gasteiger partial charge in [0.05, 0.1) is 12.8 Å². The third-order valence-electron chi connectivity index (χ3n) is 2.79. The molecule has 1 atom stereocenters. The van der Waals surface area contributed by atoms with Crippen LogP contribution < -0.4 is 10.6 Å². The molecule has 1 fully saturated rings. The third kappa shape index (κ3) is 4.92. The molecule has 1 aromatic heterocycles. The molecule has 0 spiro atoms. The number of urea groups is 1. The topological polar surface area (TPSA) is 107 Å². The molecule has 0 unspecified atom stereocenters. The van der Waals surface area contributed by atoms with Gasteiger partial charge in [-0.15, -0.1) is 0 Å². The van der Waals surface area contributed by atoms with E-state index in [2.05, 4.69) is 5.32 Å². The van der Waals surface area contributed by atoms with E-state index in [0.717, 1.165) is 6.42 Å². The molecule has 0 aromatic carbocycles. The molecular formula is C13H16N2O6. The Hall–Kier alpha value is -2.35. The Bertz CT molecular complexity index is 493. The van der Waals surface area contributed by atoms with Crippen molar-refractivity contribution in [1.82, 2.24) is 10.6 Å². The maximum atomic E-state index is 11.5. The normalized spacial score (nSPS) is 17.2. The Morgan fingerprint density at radius 3 is 2.90 bits per heavy atom. The average molecular weight is 296 g/mol. The summed E-state index contributed by atoms with van der Waals surface area (Å²) < 4.78 is 14.9. The molecule has 2 N–H and O–H groups in total. The molecule has 0 aliphatic carbocycles. The lowest BCUT2D eigenvalue weighted by Gasteiger charge is -2.09. The fourth-order valence-electron chi connectivity index (χ4n) is 1.78. The summed E-state index contributed by atoms with van der Waals surface area (Å²) in [7, 11) is 0. The molecule has 2 rings (SSSR count). The molecule has 1 aliphatic rings. The van der Waals surface area contributed by atoms with Crippen LogP contribution in [-0.2, 0) is 25.6 Å². The van der Waals surface area contributed by atoms with Crippen LogP contribution in [0.25, 0.3) is 0 Å². The molecule has 8 heteroatoms. The van der Waals surface area contributed by atoms with Crippen molar-refractivity contribution in [2.45, 2.75) is 25.5 Å². The molecule has 1 aromatic rings. The quantitative estimate of drug-likeness (QED) is 0.758. The van der Waals surface area contributed by atoms with Crippen molar-refractivity contribution in [2.75, 3.05) is 13.2 Å². The van der Waals surface area contributed by atoms with Crippen LogP contribution in [0.4, 0.5) is 4.79 Å². The van der Waals surface area contributed by atoms with Gasteiger partial charge < -0.3 is 19.2 Å². The van der Waals surface area contributed by atoms with Gasteiger partial charge in [0.1, 0.15) is 5.76 Å². The zero-order valence-electron chi connectivity index (χ0n) is 11.3. The molecule has 8 nitrogen and oxygen atoms in total. The lowest BCUT2D eigenvalue weighted by Crippen LogP contribution is -2.41. The zero-order valence-corrected chi connectivity index (χ0v) is 11.3. The highest BCUT2D eigenvalue weighted by Crippen LogP contribution is 2.12. The molecule has 3 amide bonds. The van der Waals surface area contributed by atoms with Crippen LogP contribution in [0.3, 0.4) is 0 Å². The Balaban J connectivity index is 1.62. The minimum atomic E-state index is -0.710. The maximum Gasteiger partial charge on any atom is 0.335 e. The lowest BCUT2D eigenvalue weighted by molar-refractivity contribution is -0.157. The summed E-state index contributed by atoms with van der Waals surface area (Å²) in [5.41, 5.74) is 0. The van der Waals surface area contributed by atoms with E-state index in [4.69, 9.17) is 13.9 Å². The van der Waals surface area contributed by atoms with Crippen LogP contribution in [0.2, 0.25) is 0 Å². The van der Waals surface area contributed by atoms with Gasteiger partial charge >= 0.3 is 12.0 Å². The summed E-state index contributed by atoms with van der Waals surface area (Å²) in [4.78, 5) is 34.3. The fourth-order valence-corrected chi connectivity index (χ4v) is 1.78. The fraction of sp³-hybridized carbons (Fsp3) is 0.462. The van der Waals surface area contributed by atoms with Gasteiger partial charge in [-0.25, -0.2) is 9.59 Å². The van der Waals surface area contributed by atoms with E-state index in [9.17, 15) is 14.4 Å². The number of hydrogen-bond acceptors (Lipinski definition) is 6. The molecule has 1 aliphatic heterocycles. The van der Waals surface area contributed by atoms with E-state index in [1.165, 1.54) is 6.26 Å². The van der Waals surface area contributed by atoms with Crippen molar-refractivity contribution in [3.63, 3.8) is 0 Å². The first-order chi connectivity index (χ1) is 10.1. The molecule has 0 radical (unpaired) electrons. The Labute approximate surface area is 120 Å². The minimum Gasteiger partial charge on any atom is -0.467 e. The highest BCUT2D eigenvalue weighted by atomic mass is 16.6. The van der Waals surface area contributed by atoms with Gasteiger partial charge in [0.2, 0.25) is 0 Å². The van der Waals surface area contributed by atoms with E-state index in [0.29, 0.717) is 18.8 Å². The molecule has 21 heavy (non-hydrogen) atoms. The maximum absolute atomic E-state index is 11.5. The molecule has 1 saturated heterocycles. The van der Waals surface area contributed by atoms with Crippen LogP contribution in [0.5, 0.6) is 0 Å². The number of ether oxygens (including phenoxy) is 2. The zero-order chi connectivity index (χ0) is 15.1. The first-order valence-electron chi connectivity index (χ1n) is 6.53. The first-order valence-corrected chi connectivity index (χ1v) is 6.53. The van der Waals surface area contributed by atoms with E-state index in [-0.39, 0.29) is 6.54 Å². The SMILES string of the molecule is O=C(COC(=O)[C@@H]1CCCO1)NC(=O)NCc1ccco1. The third-order valence-corrected chi connectivity index (χ3v) is 2.79. The van der Waals surface area contributed by atoms with E-state index >= 15 is 0 Å². The number of carbonyl (C=O) groups is 3. The van der Waals surface area contributed by atoms with Crippen molar-refractivity contribution in [3.05, 3.63) is 24.2 Å². The Kier molecular flexibility index (Phi) is 5.33. The van der Waals surface area contributed by atoms with Gasteiger partial charge in [-0.05, 0) is 25.0 Å². The van der Waals surface area contributed by atoms with Crippen molar-refractivity contribution >= 4 is 17.9 Å². The summed E-state index contributed by atoms with van der Waals surface area (Å²) in [6.07, 6.45) is 2.25. The number of imide groups is 1. The second-order valence-corrected chi connectivity index (χ2v) is 4.42. The summed E-state index contributed by atoms with van der Waals surface area (Å²) >= 11 is 0. The van der Waals surface area contributed by atoms with Gasteiger partial charge in [-0.3, -0.25) is 10.1 Å². The number of nitrogens with one attached hydrogen (secondary N) is 2. The van der Waals surface area contributed by atoms with Crippen molar-refractivity contribution in [3.8, 4) is 0 Å². The van der Waals surface area contributed by atoms with Gasteiger partial charge in [0, 0.05) is 6.61 Å². The molecule has 114 valence electrons. The highest BCUT2D eigenvalue weighted by Gasteiger charge is 2.25. The summed E-state index contributed by atoms with van der Waals surface area (Å²) in [5, 5.41) is 4.47. The number of amides is 3. The van der Waals surface area contributed by atoms with Crippen LogP contribution in [0.1, 0.15) is 18.6 Å². The van der Waals surface area contributed by atoms with E-state index in [1.54, 1.807) is 12.1 Å². The number of rotatable bonds is 5. The smallest absolute Gasteiger partial charge is 0.335 e. The van der Waals surface area contributed by atoms with Crippen LogP contribution in [0.15, 0.2) is 22.8 Å². The largest absolute Gasteiger partial charge is 0.467 e. The number of hydrogen-bond donors (Lipinski definition) is 2. The van der Waals surface area contributed by atoms with Crippen molar-refractivity contribution in [2.24, 2.45) is 0 Å². The van der Waals surface area contributed by atoms with Gasteiger partial charge in [0.25, 0.3) is 5.91 Å². The predicted octanol–water partition coefficient (Wildman–Crippen LogP) is 0.328. The predicted molar refractivity (Wildman–Crippen MR) is 69.0 cm³/mol. The summed E-state index contributed by atoms with van der Waals surface area (Å²) in [6, 6.07) is 2.68. The van der Waals surface area contributed by atoms with Gasteiger partial charge in [-0.2, -0.15) is 0 Å². The Morgan fingerprint density at radius 2 is 2.24 bits per heavy atom. The minimum absolute atomic E-state index is 0.155. The molecular weight excluding hydrogens is 280 g/mol. The average Bonchev–Trinajstić information content (AvgIpc) is 3.15. The van der Waals surface area contributed by atoms with Crippen LogP contribution in [-0.4, -0.2) is 37.2 Å². The van der Waals surface area contributed by atoms with Crippen molar-refractivity contribution in [1.29, 1.82) is 0 Å². The molecule has 0 saturated carbocycles. The number of furan rings is 1. The van der Waals surface area contributed by atoms with Crippen molar-refractivity contribution < 1.29 is 28.3 Å². The molecule has 2 heterocycles. The number of esters is 1. The monoisotopic (exact) mass is 296 g/mol. The van der Waals surface area contributed by atoms with E-state index in [1.807, 2.05) is 5.32 Å². The Morgan fingerprint density at radius 1 is 1.38 bits per heavy atom. The first kappa shape index (κ1) is 15.0. The molecule has 0 bridgehead atoms. The van der Waals surface area contributed by atoms with Crippen LogP contribution >= 0.6 is 0 Å². The highest BCUT2D eigenvalue weighted by molar-refractivity contribution is 5.95. The van der Waals surface area contributed by atoms with Gasteiger partial charge in [-0.1, -0.05) is 0 Å². The van der Waals surface area contributed by atoms with E-state index < -0.39 is 30.6 Å². The second-order valence-electron chi connectivity index (χ2n) is 4.42.